The summed E-state index contributed by atoms with van der Waals surface area (Å²) in [5.74, 6) is 0.543. The maximum absolute atomic E-state index is 13.3. The zero-order valence-electron chi connectivity index (χ0n) is 15.4. The van der Waals surface area contributed by atoms with E-state index in [1.54, 1.807) is 24.3 Å². The van der Waals surface area contributed by atoms with Gasteiger partial charge in [-0.15, -0.1) is 0 Å². The number of hydrazone groups is 1. The minimum atomic E-state index is -0.305. The second kappa shape index (κ2) is 7.18. The fourth-order valence-electron chi connectivity index (χ4n) is 3.57. The zero-order chi connectivity index (χ0) is 19.8. The average molecular weight is 401 g/mol. The number of amides is 1. The van der Waals surface area contributed by atoms with Crippen molar-refractivity contribution in [2.45, 2.75) is 12.5 Å². The van der Waals surface area contributed by atoms with E-state index in [1.807, 2.05) is 54.6 Å². The summed E-state index contributed by atoms with van der Waals surface area (Å²) in [5.41, 5.74) is 4.20. The number of carbonyl (C=O) groups is 1. The predicted octanol–water partition coefficient (Wildman–Crippen LogP) is 5.21. The molecule has 1 atom stereocenters. The van der Waals surface area contributed by atoms with Crippen molar-refractivity contribution in [3.63, 3.8) is 0 Å². The van der Waals surface area contributed by atoms with Gasteiger partial charge in [-0.25, -0.2) is 9.99 Å². The van der Waals surface area contributed by atoms with Crippen LogP contribution < -0.4 is 0 Å². The minimum absolute atomic E-state index is 0.182. The third kappa shape index (κ3) is 3.30. The lowest BCUT2D eigenvalue weighted by Crippen LogP contribution is -2.27. The SMILES string of the molecule is O=C(c1ccc(Cl)cc1)N1N=C(c2ccccc2)CC1c1nc2ccccc2[nH]1. The summed E-state index contributed by atoms with van der Waals surface area (Å²) in [4.78, 5) is 21.3. The van der Waals surface area contributed by atoms with Gasteiger partial charge in [0.1, 0.15) is 11.9 Å². The van der Waals surface area contributed by atoms with E-state index in [4.69, 9.17) is 21.7 Å². The van der Waals surface area contributed by atoms with E-state index < -0.39 is 0 Å². The summed E-state index contributed by atoms with van der Waals surface area (Å²) in [6, 6.07) is 24.3. The number of para-hydroxylation sites is 2. The Morgan fingerprint density at radius 1 is 0.966 bits per heavy atom. The molecule has 5 nitrogen and oxygen atoms in total. The van der Waals surface area contributed by atoms with Crippen LogP contribution in [0.5, 0.6) is 0 Å². The first kappa shape index (κ1) is 17.6. The van der Waals surface area contributed by atoms with Crippen LogP contribution in [0.4, 0.5) is 0 Å². The van der Waals surface area contributed by atoms with E-state index in [1.165, 1.54) is 5.01 Å². The highest BCUT2D eigenvalue weighted by Gasteiger charge is 2.35. The van der Waals surface area contributed by atoms with Crippen molar-refractivity contribution in [3.05, 3.63) is 101 Å². The quantitative estimate of drug-likeness (QED) is 0.513. The molecule has 1 aromatic heterocycles. The van der Waals surface area contributed by atoms with Crippen molar-refractivity contribution in [2.75, 3.05) is 0 Å². The van der Waals surface area contributed by atoms with Gasteiger partial charge in [-0.05, 0) is 42.0 Å². The van der Waals surface area contributed by atoms with Gasteiger partial charge in [0.25, 0.3) is 5.91 Å². The molecular formula is C23H17ClN4O. The van der Waals surface area contributed by atoms with Gasteiger partial charge in [-0.2, -0.15) is 5.10 Å². The number of hydrogen-bond acceptors (Lipinski definition) is 3. The van der Waals surface area contributed by atoms with Crippen LogP contribution in [0.1, 0.15) is 34.2 Å². The molecule has 1 N–H and O–H groups in total. The van der Waals surface area contributed by atoms with Gasteiger partial charge in [0.2, 0.25) is 0 Å². The van der Waals surface area contributed by atoms with Gasteiger partial charge in [-0.1, -0.05) is 54.1 Å². The Morgan fingerprint density at radius 2 is 1.69 bits per heavy atom. The summed E-state index contributed by atoms with van der Waals surface area (Å²) in [6.07, 6.45) is 0.586. The number of nitrogens with zero attached hydrogens (tertiary/aromatic N) is 3. The molecule has 0 spiro atoms. The molecule has 0 bridgehead atoms. The molecule has 142 valence electrons. The molecule has 3 aromatic carbocycles. The number of rotatable bonds is 3. The molecule has 5 rings (SSSR count). The monoisotopic (exact) mass is 400 g/mol. The maximum Gasteiger partial charge on any atom is 0.274 e. The van der Waals surface area contributed by atoms with Crippen LogP contribution in [0.3, 0.4) is 0 Å². The number of fused-ring (bicyclic) bond motifs is 1. The lowest BCUT2D eigenvalue weighted by Gasteiger charge is -2.20. The van der Waals surface area contributed by atoms with Crippen LogP contribution in [0.15, 0.2) is 84.0 Å². The Hall–Kier alpha value is -3.44. The Balaban J connectivity index is 1.56. The van der Waals surface area contributed by atoms with Crippen molar-refractivity contribution in [1.29, 1.82) is 0 Å². The van der Waals surface area contributed by atoms with Gasteiger partial charge < -0.3 is 4.98 Å². The maximum atomic E-state index is 13.3. The number of imidazole rings is 1. The third-order valence-electron chi connectivity index (χ3n) is 5.04. The molecular weight excluding hydrogens is 384 g/mol. The fourth-order valence-corrected chi connectivity index (χ4v) is 3.70. The van der Waals surface area contributed by atoms with Crippen molar-refractivity contribution < 1.29 is 4.79 Å². The van der Waals surface area contributed by atoms with Gasteiger partial charge in [-0.3, -0.25) is 4.79 Å². The van der Waals surface area contributed by atoms with E-state index in [-0.39, 0.29) is 11.9 Å². The van der Waals surface area contributed by atoms with Gasteiger partial charge in [0, 0.05) is 17.0 Å². The highest BCUT2D eigenvalue weighted by atomic mass is 35.5. The van der Waals surface area contributed by atoms with E-state index in [0.29, 0.717) is 17.0 Å². The summed E-state index contributed by atoms with van der Waals surface area (Å²) >= 11 is 5.98. The summed E-state index contributed by atoms with van der Waals surface area (Å²) in [7, 11) is 0. The number of aromatic amines is 1. The number of aromatic nitrogens is 2. The second-order valence-corrected chi connectivity index (χ2v) is 7.36. The van der Waals surface area contributed by atoms with Gasteiger partial charge in [0.15, 0.2) is 0 Å². The molecule has 1 aliphatic heterocycles. The van der Waals surface area contributed by atoms with Crippen LogP contribution in [-0.2, 0) is 0 Å². The Kier molecular flexibility index (Phi) is 4.37. The van der Waals surface area contributed by atoms with Crippen molar-refractivity contribution in [1.82, 2.24) is 15.0 Å². The number of nitrogens with one attached hydrogen (secondary N) is 1. The highest BCUT2D eigenvalue weighted by molar-refractivity contribution is 6.30. The molecule has 0 radical (unpaired) electrons. The number of halogens is 1. The second-order valence-electron chi connectivity index (χ2n) is 6.93. The number of hydrogen-bond donors (Lipinski definition) is 1. The highest BCUT2D eigenvalue weighted by Crippen LogP contribution is 2.33. The van der Waals surface area contributed by atoms with Crippen molar-refractivity contribution in [2.24, 2.45) is 5.10 Å². The van der Waals surface area contributed by atoms with Gasteiger partial charge >= 0.3 is 0 Å². The van der Waals surface area contributed by atoms with Crippen LogP contribution in [-0.4, -0.2) is 26.6 Å². The van der Waals surface area contributed by atoms with Crippen LogP contribution in [0, 0.1) is 0 Å². The lowest BCUT2D eigenvalue weighted by molar-refractivity contribution is 0.0705. The van der Waals surface area contributed by atoms with Crippen LogP contribution >= 0.6 is 11.6 Å². The first-order chi connectivity index (χ1) is 14.2. The molecule has 29 heavy (non-hydrogen) atoms. The standard InChI is InChI=1S/C23H17ClN4O/c24-17-12-10-16(11-13-17)23(29)28-21(14-20(27-28)15-6-2-1-3-7-15)22-25-18-8-4-5-9-19(18)26-22/h1-13,21H,14H2,(H,25,26). The summed E-state index contributed by atoms with van der Waals surface area (Å²) < 4.78 is 0. The summed E-state index contributed by atoms with van der Waals surface area (Å²) in [6.45, 7) is 0. The fraction of sp³-hybridized carbons (Fsp3) is 0.0870. The Bertz CT molecular complexity index is 1180. The minimum Gasteiger partial charge on any atom is -0.340 e. The lowest BCUT2D eigenvalue weighted by atomic mass is 10.0. The molecule has 1 amide bonds. The molecule has 1 unspecified atom stereocenters. The normalized spacial score (nSPS) is 16.2. The topological polar surface area (TPSA) is 61.4 Å². The third-order valence-corrected chi connectivity index (χ3v) is 5.29. The number of benzene rings is 3. The van der Waals surface area contributed by atoms with Gasteiger partial charge in [0.05, 0.1) is 16.7 Å². The molecule has 1 aliphatic rings. The number of carbonyl (C=O) groups excluding carboxylic acids is 1. The van der Waals surface area contributed by atoms with Crippen LogP contribution in [0.2, 0.25) is 5.02 Å². The van der Waals surface area contributed by atoms with Crippen LogP contribution in [0.25, 0.3) is 11.0 Å². The largest absolute Gasteiger partial charge is 0.340 e. The molecule has 0 aliphatic carbocycles. The first-order valence-electron chi connectivity index (χ1n) is 9.36. The Morgan fingerprint density at radius 3 is 2.45 bits per heavy atom. The average Bonchev–Trinajstić information content (AvgIpc) is 3.39. The van der Waals surface area contributed by atoms with Crippen molar-refractivity contribution in [3.8, 4) is 0 Å². The van der Waals surface area contributed by atoms with E-state index in [2.05, 4.69) is 4.98 Å². The zero-order valence-corrected chi connectivity index (χ0v) is 16.2. The molecule has 0 saturated heterocycles. The molecule has 2 heterocycles. The number of H-pyrrole nitrogens is 1. The van der Waals surface area contributed by atoms with E-state index >= 15 is 0 Å². The molecule has 0 saturated carbocycles. The molecule has 0 fully saturated rings. The predicted molar refractivity (Wildman–Crippen MR) is 114 cm³/mol. The van der Waals surface area contributed by atoms with E-state index in [0.717, 1.165) is 28.1 Å². The van der Waals surface area contributed by atoms with E-state index in [9.17, 15) is 4.79 Å². The smallest absolute Gasteiger partial charge is 0.274 e. The first-order valence-corrected chi connectivity index (χ1v) is 9.73. The molecule has 6 heteroatoms. The van der Waals surface area contributed by atoms with Crippen molar-refractivity contribution >= 4 is 34.3 Å². The summed E-state index contributed by atoms with van der Waals surface area (Å²) in [5, 5.41) is 6.81. The Labute approximate surface area is 172 Å². The molecule has 4 aromatic rings.